The Morgan fingerprint density at radius 2 is 2.10 bits per heavy atom. The Hall–Kier alpha value is -0.220. The third-order valence-corrected chi connectivity index (χ3v) is 2.39. The average Bonchev–Trinajstić information content (AvgIpc) is 1.82. The molecule has 0 saturated heterocycles. The van der Waals surface area contributed by atoms with Crippen LogP contribution >= 0.6 is 28.6 Å². The molecule has 10 heavy (non-hydrogen) atoms. The Labute approximate surface area is 71.4 Å². The van der Waals surface area contributed by atoms with Gasteiger partial charge in [0.25, 0.3) is 0 Å². The second-order valence-electron chi connectivity index (χ2n) is 1.76. The van der Waals surface area contributed by atoms with Crippen molar-refractivity contribution in [1.82, 2.24) is 0 Å². The van der Waals surface area contributed by atoms with Crippen LogP contribution in [0.5, 0.6) is 5.75 Å². The molecule has 0 saturated carbocycles. The molecule has 1 aromatic rings. The van der Waals surface area contributed by atoms with Crippen LogP contribution in [0.4, 0.5) is 4.39 Å². The zero-order chi connectivity index (χ0) is 7.72. The van der Waals surface area contributed by atoms with Crippen molar-refractivity contribution in [2.45, 2.75) is 4.90 Å². The number of benzene rings is 1. The first-order chi connectivity index (χ1) is 4.61. The Balaban J connectivity index is 3.31. The smallest absolute Gasteiger partial charge is 0.141 e. The SMILES string of the molecule is Oc1cc(F)c(S)c(Br)c1. The summed E-state index contributed by atoms with van der Waals surface area (Å²) in [7, 11) is 0. The highest BCUT2D eigenvalue weighted by atomic mass is 79.9. The van der Waals surface area contributed by atoms with Crippen LogP contribution in [0.15, 0.2) is 21.5 Å². The van der Waals surface area contributed by atoms with Crippen LogP contribution in [0.3, 0.4) is 0 Å². The number of thiol groups is 1. The fraction of sp³-hybridized carbons (Fsp3) is 0. The van der Waals surface area contributed by atoms with E-state index in [4.69, 9.17) is 5.11 Å². The summed E-state index contributed by atoms with van der Waals surface area (Å²) in [6, 6.07) is 2.39. The third kappa shape index (κ3) is 1.44. The van der Waals surface area contributed by atoms with Crippen molar-refractivity contribution in [2.24, 2.45) is 0 Å². The van der Waals surface area contributed by atoms with E-state index in [1.54, 1.807) is 0 Å². The number of phenolic OH excluding ortho intramolecular Hbond substituents is 1. The summed E-state index contributed by atoms with van der Waals surface area (Å²) in [6.45, 7) is 0. The van der Waals surface area contributed by atoms with E-state index < -0.39 is 5.82 Å². The van der Waals surface area contributed by atoms with Gasteiger partial charge >= 0.3 is 0 Å². The maximum absolute atomic E-state index is 12.6. The first-order valence-electron chi connectivity index (χ1n) is 2.48. The Morgan fingerprint density at radius 1 is 1.50 bits per heavy atom. The fourth-order valence-corrected chi connectivity index (χ4v) is 1.11. The van der Waals surface area contributed by atoms with Gasteiger partial charge in [-0.2, -0.15) is 0 Å². The topological polar surface area (TPSA) is 20.2 Å². The monoisotopic (exact) mass is 222 g/mol. The number of phenols is 1. The van der Waals surface area contributed by atoms with E-state index in [2.05, 4.69) is 28.6 Å². The van der Waals surface area contributed by atoms with Crippen LogP contribution < -0.4 is 0 Å². The van der Waals surface area contributed by atoms with Gasteiger partial charge < -0.3 is 5.11 Å². The zero-order valence-corrected chi connectivity index (χ0v) is 7.29. The number of aromatic hydroxyl groups is 1. The van der Waals surface area contributed by atoms with Gasteiger partial charge in [-0.3, -0.25) is 0 Å². The van der Waals surface area contributed by atoms with Crippen LogP contribution in [0, 0.1) is 5.82 Å². The average molecular weight is 223 g/mol. The lowest BCUT2D eigenvalue weighted by Gasteiger charge is -1.98. The molecule has 0 heterocycles. The summed E-state index contributed by atoms with van der Waals surface area (Å²) in [6.07, 6.45) is 0. The summed E-state index contributed by atoms with van der Waals surface area (Å²) in [5, 5.41) is 8.81. The molecule has 0 unspecified atom stereocenters. The molecule has 0 aliphatic carbocycles. The summed E-state index contributed by atoms with van der Waals surface area (Å²) >= 11 is 6.85. The lowest BCUT2D eigenvalue weighted by Crippen LogP contribution is -1.78. The quantitative estimate of drug-likeness (QED) is 0.647. The van der Waals surface area contributed by atoms with Gasteiger partial charge in [-0.25, -0.2) is 4.39 Å². The highest BCUT2D eigenvalue weighted by Crippen LogP contribution is 2.27. The second kappa shape index (κ2) is 2.80. The van der Waals surface area contributed by atoms with Crippen LogP contribution in [0.2, 0.25) is 0 Å². The van der Waals surface area contributed by atoms with E-state index in [1.165, 1.54) is 6.07 Å². The predicted octanol–water partition coefficient (Wildman–Crippen LogP) is 2.58. The van der Waals surface area contributed by atoms with Gasteiger partial charge in [-0.1, -0.05) is 0 Å². The van der Waals surface area contributed by atoms with E-state index in [-0.39, 0.29) is 10.6 Å². The van der Waals surface area contributed by atoms with Crippen molar-refractivity contribution in [1.29, 1.82) is 0 Å². The van der Waals surface area contributed by atoms with Crippen molar-refractivity contribution in [3.8, 4) is 5.75 Å². The van der Waals surface area contributed by atoms with Gasteiger partial charge in [0.1, 0.15) is 11.6 Å². The van der Waals surface area contributed by atoms with Gasteiger partial charge in [0, 0.05) is 10.5 Å². The van der Waals surface area contributed by atoms with Gasteiger partial charge in [-0.05, 0) is 22.0 Å². The van der Waals surface area contributed by atoms with E-state index in [9.17, 15) is 4.39 Å². The Kier molecular flexibility index (Phi) is 2.21. The van der Waals surface area contributed by atoms with Gasteiger partial charge in [0.2, 0.25) is 0 Å². The van der Waals surface area contributed by atoms with Crippen molar-refractivity contribution in [2.75, 3.05) is 0 Å². The maximum atomic E-state index is 12.6. The molecule has 1 rings (SSSR count). The van der Waals surface area contributed by atoms with Crippen LogP contribution in [0.1, 0.15) is 0 Å². The van der Waals surface area contributed by atoms with Crippen LogP contribution in [-0.2, 0) is 0 Å². The normalized spacial score (nSPS) is 9.90. The highest BCUT2D eigenvalue weighted by Gasteiger charge is 2.03. The molecular weight excluding hydrogens is 219 g/mol. The van der Waals surface area contributed by atoms with Crippen molar-refractivity contribution in [3.63, 3.8) is 0 Å². The molecule has 0 atom stereocenters. The molecule has 0 amide bonds. The third-order valence-electron chi connectivity index (χ3n) is 1.00. The highest BCUT2D eigenvalue weighted by molar-refractivity contribution is 9.10. The van der Waals surface area contributed by atoms with E-state index in [1.807, 2.05) is 0 Å². The van der Waals surface area contributed by atoms with Gasteiger partial charge in [0.05, 0.1) is 4.90 Å². The van der Waals surface area contributed by atoms with Crippen LogP contribution in [0.25, 0.3) is 0 Å². The molecule has 0 fully saturated rings. The second-order valence-corrected chi connectivity index (χ2v) is 3.06. The molecule has 1 aromatic carbocycles. The van der Waals surface area contributed by atoms with Crippen molar-refractivity contribution >= 4 is 28.6 Å². The van der Waals surface area contributed by atoms with E-state index >= 15 is 0 Å². The fourth-order valence-electron chi connectivity index (χ4n) is 0.552. The Bertz CT molecular complexity index is 241. The summed E-state index contributed by atoms with van der Waals surface area (Å²) in [5.74, 6) is -0.641. The molecule has 0 bridgehead atoms. The number of hydrogen-bond donors (Lipinski definition) is 2. The number of halogens is 2. The van der Waals surface area contributed by atoms with Gasteiger partial charge in [-0.15, -0.1) is 12.6 Å². The summed E-state index contributed by atoms with van der Waals surface area (Å²) in [5.41, 5.74) is 0. The molecule has 0 aliphatic heterocycles. The maximum Gasteiger partial charge on any atom is 0.141 e. The lowest BCUT2D eigenvalue weighted by atomic mass is 10.3. The molecular formula is C6H4BrFOS. The molecule has 1 nitrogen and oxygen atoms in total. The minimum absolute atomic E-state index is 0.109. The zero-order valence-electron chi connectivity index (χ0n) is 4.81. The minimum Gasteiger partial charge on any atom is -0.508 e. The lowest BCUT2D eigenvalue weighted by molar-refractivity contribution is 0.466. The molecule has 0 aromatic heterocycles. The van der Waals surface area contributed by atoms with E-state index in [0.717, 1.165) is 6.07 Å². The summed E-state index contributed by atoms with van der Waals surface area (Å²) in [4.78, 5) is 0.206. The molecule has 0 radical (unpaired) electrons. The first-order valence-corrected chi connectivity index (χ1v) is 3.72. The molecule has 54 valence electrons. The predicted molar refractivity (Wildman–Crippen MR) is 43.0 cm³/mol. The number of rotatable bonds is 0. The molecule has 0 aliphatic rings. The van der Waals surface area contributed by atoms with Crippen LogP contribution in [-0.4, -0.2) is 5.11 Å². The molecule has 4 heteroatoms. The standard InChI is InChI=1S/C6H4BrFOS/c7-4-1-3(9)2-5(8)6(4)10/h1-2,9-10H. The van der Waals surface area contributed by atoms with Crippen molar-refractivity contribution < 1.29 is 9.50 Å². The Morgan fingerprint density at radius 3 is 2.60 bits per heavy atom. The largest absolute Gasteiger partial charge is 0.508 e. The minimum atomic E-state index is -0.532. The molecule has 0 spiro atoms. The number of hydrogen-bond acceptors (Lipinski definition) is 2. The first kappa shape index (κ1) is 7.88. The van der Waals surface area contributed by atoms with Gasteiger partial charge in [0.15, 0.2) is 0 Å². The van der Waals surface area contributed by atoms with E-state index in [0.29, 0.717) is 4.47 Å². The molecule has 1 N–H and O–H groups in total. The summed E-state index contributed by atoms with van der Waals surface area (Å²) < 4.78 is 13.0. The van der Waals surface area contributed by atoms with Crippen molar-refractivity contribution in [3.05, 3.63) is 22.4 Å².